The first-order valence-electron chi connectivity index (χ1n) is 14.1. The molecule has 3 aromatic heterocycles. The molecule has 3 heterocycles. The number of pyridine rings is 3. The van der Waals surface area contributed by atoms with Crippen LogP contribution in [0.25, 0.3) is 16.6 Å². The van der Waals surface area contributed by atoms with E-state index in [0.717, 1.165) is 0 Å². The van der Waals surface area contributed by atoms with Crippen LogP contribution < -0.4 is 25.1 Å². The second-order valence-corrected chi connectivity index (χ2v) is 11.2. The van der Waals surface area contributed by atoms with Crippen LogP contribution in [0, 0.1) is 0 Å². The number of nitrogens with one attached hydrogen (secondary N) is 1. The van der Waals surface area contributed by atoms with Crippen LogP contribution in [0.1, 0.15) is 39.3 Å². The van der Waals surface area contributed by atoms with Gasteiger partial charge in [0, 0.05) is 41.0 Å². The molecular weight excluding hydrogens is 631 g/mol. The summed E-state index contributed by atoms with van der Waals surface area (Å²) < 4.78 is 27.2. The number of carbonyl (C=O) groups is 2. The van der Waals surface area contributed by atoms with Crippen molar-refractivity contribution in [1.29, 1.82) is 0 Å². The highest BCUT2D eigenvalue weighted by Crippen LogP contribution is 2.37. The van der Waals surface area contributed by atoms with Crippen molar-refractivity contribution in [3.8, 4) is 28.7 Å². The Morgan fingerprint density at radius 1 is 0.894 bits per heavy atom. The zero-order chi connectivity index (χ0) is 33.7. The monoisotopic (exact) mass is 660 g/mol. The van der Waals surface area contributed by atoms with Gasteiger partial charge in [-0.05, 0) is 55.3 Å². The van der Waals surface area contributed by atoms with Crippen molar-refractivity contribution in [1.82, 2.24) is 14.5 Å². The first-order chi connectivity index (χ1) is 22.5. The summed E-state index contributed by atoms with van der Waals surface area (Å²) in [5, 5.41) is 3.39. The summed E-state index contributed by atoms with van der Waals surface area (Å²) in [4.78, 5) is 69.9. The average molecular weight is 661 g/mol. The fourth-order valence-corrected chi connectivity index (χ4v) is 5.07. The summed E-state index contributed by atoms with van der Waals surface area (Å²) in [6.45, 7) is 0. The molecule has 0 saturated carbocycles. The molecule has 1 amide bonds. The van der Waals surface area contributed by atoms with Crippen LogP contribution in [0.4, 0.5) is 5.82 Å². The van der Waals surface area contributed by atoms with E-state index in [1.807, 2.05) is 6.07 Å². The zero-order valence-electron chi connectivity index (χ0n) is 25.1. The number of aromatic nitrogens is 3. The first kappa shape index (κ1) is 33.0. The fraction of sp³-hybridized carbons (Fsp3) is 0.156. The number of hydrogen-bond donors (Lipinski definition) is 4. The summed E-state index contributed by atoms with van der Waals surface area (Å²) in [6.07, 6.45) is 4.68. The molecule has 0 bridgehead atoms. The zero-order valence-corrected chi connectivity index (χ0v) is 26.0. The van der Waals surface area contributed by atoms with Crippen molar-refractivity contribution in [2.24, 2.45) is 0 Å². The first-order valence-corrected chi connectivity index (χ1v) is 15.6. The third kappa shape index (κ3) is 7.71. The molecule has 14 nitrogen and oxygen atoms in total. The number of Topliss-reactive ketones (excluding diaryl/α,β-unsaturated/α-hetero) is 1. The molecule has 1 aliphatic rings. The second kappa shape index (κ2) is 13.9. The molecule has 0 unspecified atom stereocenters. The van der Waals surface area contributed by atoms with Gasteiger partial charge in [-0.3, -0.25) is 23.9 Å². The third-order valence-corrected chi connectivity index (χ3v) is 7.09. The molecule has 1 aliphatic carbocycles. The number of anilines is 1. The average Bonchev–Trinajstić information content (AvgIpc) is 3.04. The summed E-state index contributed by atoms with van der Waals surface area (Å²) >= 11 is 0. The van der Waals surface area contributed by atoms with Crippen LogP contribution in [-0.4, -0.2) is 55.1 Å². The lowest BCUT2D eigenvalue weighted by Gasteiger charge is -2.21. The number of carbonyl (C=O) groups excluding carboxylic acids is 2. The van der Waals surface area contributed by atoms with Crippen molar-refractivity contribution < 1.29 is 43.0 Å². The minimum absolute atomic E-state index is 0.0886. The fourth-order valence-electron chi connectivity index (χ4n) is 5.07. The van der Waals surface area contributed by atoms with E-state index < -0.39 is 19.3 Å². The van der Waals surface area contributed by atoms with Gasteiger partial charge in [-0.15, -0.1) is 0 Å². The quantitative estimate of drug-likeness (QED) is 0.179. The van der Waals surface area contributed by atoms with Crippen LogP contribution in [0.2, 0.25) is 0 Å². The molecule has 0 atom stereocenters. The highest BCUT2D eigenvalue weighted by Gasteiger charge is 2.26. The molecule has 242 valence electrons. The van der Waals surface area contributed by atoms with E-state index in [1.54, 1.807) is 75.0 Å². The Balaban J connectivity index is 0.000000807. The van der Waals surface area contributed by atoms with Crippen LogP contribution >= 0.6 is 7.82 Å². The van der Waals surface area contributed by atoms with E-state index >= 15 is 0 Å². The number of ether oxygens (including phenoxy) is 3. The molecule has 0 spiro atoms. The van der Waals surface area contributed by atoms with E-state index in [0.29, 0.717) is 70.1 Å². The number of amides is 1. The minimum atomic E-state index is -4.64. The maximum Gasteiger partial charge on any atom is 0.466 e. The Hall–Kier alpha value is -5.40. The van der Waals surface area contributed by atoms with Gasteiger partial charge in [-0.25, -0.2) is 9.55 Å². The Morgan fingerprint density at radius 2 is 1.60 bits per heavy atom. The number of para-hydroxylation sites is 1. The minimum Gasteiger partial charge on any atom is -0.493 e. The molecule has 5 aromatic rings. The summed E-state index contributed by atoms with van der Waals surface area (Å²) in [5.74, 6) is 1.50. The molecule has 0 aliphatic heterocycles. The van der Waals surface area contributed by atoms with Crippen molar-refractivity contribution in [2.75, 3.05) is 19.5 Å². The van der Waals surface area contributed by atoms with E-state index in [2.05, 4.69) is 15.3 Å². The third-order valence-electron chi connectivity index (χ3n) is 7.09. The van der Waals surface area contributed by atoms with E-state index in [9.17, 15) is 14.4 Å². The number of nitrogens with zero attached hydrogens (tertiary/aromatic N) is 3. The molecule has 4 N–H and O–H groups in total. The predicted molar refractivity (Wildman–Crippen MR) is 171 cm³/mol. The summed E-state index contributed by atoms with van der Waals surface area (Å²) in [7, 11) is -1.53. The predicted octanol–water partition coefficient (Wildman–Crippen LogP) is 4.43. The van der Waals surface area contributed by atoms with Gasteiger partial charge < -0.3 is 34.2 Å². The highest BCUT2D eigenvalue weighted by molar-refractivity contribution is 7.45. The molecule has 6 rings (SSSR count). The maximum absolute atomic E-state index is 13.6. The Bertz CT molecular complexity index is 2050. The van der Waals surface area contributed by atoms with Crippen LogP contribution in [-0.2, 0) is 11.0 Å². The van der Waals surface area contributed by atoms with Gasteiger partial charge in [0.05, 0.1) is 25.9 Å². The van der Waals surface area contributed by atoms with E-state index in [4.69, 9.17) is 33.5 Å². The molecule has 15 heteroatoms. The topological polar surface area (TPSA) is 199 Å². The van der Waals surface area contributed by atoms with Gasteiger partial charge in [0.15, 0.2) is 17.3 Å². The van der Waals surface area contributed by atoms with Crippen LogP contribution in [0.3, 0.4) is 0 Å². The highest BCUT2D eigenvalue weighted by atomic mass is 31.2. The number of phosphoric acid groups is 1. The SMILES string of the molecule is COc1cc2nccc(Oc3ccc(NC(=O)c4cc5c(n(-c6ccccc6)c4=O)CCCC5=O)nc3)c2cc1OC.O=P(O)(O)O. The van der Waals surface area contributed by atoms with Gasteiger partial charge in [-0.2, -0.15) is 0 Å². The number of ketones is 1. The Labute approximate surface area is 267 Å². The van der Waals surface area contributed by atoms with Crippen LogP contribution in [0.5, 0.6) is 23.0 Å². The standard InChI is InChI=1S/C32H26N4O6.H3O4P/c1-40-28-16-21-24(17-29(28)41-2)33-14-13-27(21)42-20-11-12-30(34-18-20)35-31(38)23-15-22-25(9-6-10-26(22)37)36(32(23)39)19-7-4-3-5-8-19;1-5(2,3)4/h3-5,7-8,11-18H,6,9-10H2,1-2H3,(H,34,35,38);(H3,1,2,3,4). The number of methoxy groups -OCH3 is 2. The Kier molecular flexibility index (Phi) is 9.78. The van der Waals surface area contributed by atoms with Crippen molar-refractivity contribution >= 4 is 36.2 Å². The lowest BCUT2D eigenvalue weighted by molar-refractivity contribution is 0.0970. The number of rotatable bonds is 7. The van der Waals surface area contributed by atoms with Gasteiger partial charge in [0.1, 0.15) is 22.9 Å². The smallest absolute Gasteiger partial charge is 0.466 e. The van der Waals surface area contributed by atoms with Gasteiger partial charge in [-0.1, -0.05) is 18.2 Å². The second-order valence-electron chi connectivity index (χ2n) is 10.2. The lowest BCUT2D eigenvalue weighted by atomic mass is 9.92. The van der Waals surface area contributed by atoms with Gasteiger partial charge >= 0.3 is 7.82 Å². The van der Waals surface area contributed by atoms with Crippen LogP contribution in [0.15, 0.2) is 83.9 Å². The number of hydrogen-bond acceptors (Lipinski definition) is 9. The van der Waals surface area contributed by atoms with E-state index in [1.165, 1.54) is 16.8 Å². The van der Waals surface area contributed by atoms with Gasteiger partial charge in [0.2, 0.25) is 0 Å². The van der Waals surface area contributed by atoms with Gasteiger partial charge in [0.25, 0.3) is 11.5 Å². The maximum atomic E-state index is 13.6. The van der Waals surface area contributed by atoms with Crippen molar-refractivity contribution in [3.05, 3.63) is 106 Å². The molecular formula is C32H29N4O10P. The van der Waals surface area contributed by atoms with Crippen molar-refractivity contribution in [2.45, 2.75) is 19.3 Å². The summed E-state index contributed by atoms with van der Waals surface area (Å²) in [6, 6.07) is 18.9. The van der Waals surface area contributed by atoms with E-state index in [-0.39, 0.29) is 17.2 Å². The summed E-state index contributed by atoms with van der Waals surface area (Å²) in [5.41, 5.74) is 1.64. The molecule has 47 heavy (non-hydrogen) atoms. The normalized spacial score (nSPS) is 12.4. The largest absolute Gasteiger partial charge is 0.493 e. The Morgan fingerprint density at radius 3 is 2.26 bits per heavy atom. The molecule has 0 saturated heterocycles. The molecule has 2 aromatic carbocycles. The molecule has 0 radical (unpaired) electrons. The van der Waals surface area contributed by atoms with Crippen molar-refractivity contribution in [3.63, 3.8) is 0 Å². The molecule has 0 fully saturated rings. The number of benzene rings is 2. The number of fused-ring (bicyclic) bond motifs is 2. The lowest BCUT2D eigenvalue weighted by Crippen LogP contribution is -2.33.